The smallest absolute Gasteiger partial charge is 0.266 e. The van der Waals surface area contributed by atoms with Gasteiger partial charge in [-0.3, -0.25) is 9.78 Å². The van der Waals surface area contributed by atoms with E-state index in [9.17, 15) is 13.6 Å². The van der Waals surface area contributed by atoms with Gasteiger partial charge in [0.1, 0.15) is 16.1 Å². The first-order valence-electron chi connectivity index (χ1n) is 7.91. The molecule has 1 aromatic heterocycles. The number of H-pyrrole nitrogens is 1. The lowest BCUT2D eigenvalue weighted by Gasteiger charge is -2.16. The van der Waals surface area contributed by atoms with Crippen LogP contribution in [-0.4, -0.2) is 9.97 Å². The minimum atomic E-state index is -0.801. The summed E-state index contributed by atoms with van der Waals surface area (Å²) in [6, 6.07) is 12.1. The average molecular weight is 431 g/mol. The van der Waals surface area contributed by atoms with E-state index in [0.717, 1.165) is 12.1 Å². The second-order valence-electron chi connectivity index (χ2n) is 5.78. The van der Waals surface area contributed by atoms with Crippen molar-refractivity contribution in [2.24, 2.45) is 0 Å². The molecule has 27 heavy (non-hydrogen) atoms. The molecule has 3 rings (SSSR count). The van der Waals surface area contributed by atoms with Crippen LogP contribution in [0.3, 0.4) is 0 Å². The second kappa shape index (κ2) is 7.68. The lowest BCUT2D eigenvalue weighted by atomic mass is 9.96. The molecule has 0 radical (unpaired) electrons. The zero-order chi connectivity index (χ0) is 19.6. The lowest BCUT2D eigenvalue weighted by molar-refractivity contribution is 0.544. The van der Waals surface area contributed by atoms with Gasteiger partial charge in [0.25, 0.3) is 5.56 Å². The molecule has 0 aliphatic heterocycles. The van der Waals surface area contributed by atoms with Crippen LogP contribution in [0.1, 0.15) is 29.7 Å². The highest BCUT2D eigenvalue weighted by molar-refractivity contribution is 9.10. The maximum atomic E-state index is 14.1. The Morgan fingerprint density at radius 3 is 2.41 bits per heavy atom. The van der Waals surface area contributed by atoms with Crippen LogP contribution in [0.4, 0.5) is 20.4 Å². The van der Waals surface area contributed by atoms with E-state index >= 15 is 0 Å². The number of hydrogen-bond donors (Lipinski definition) is 2. The average Bonchev–Trinajstić information content (AvgIpc) is 2.65. The van der Waals surface area contributed by atoms with Crippen molar-refractivity contribution < 1.29 is 8.78 Å². The summed E-state index contributed by atoms with van der Waals surface area (Å²) >= 11 is 3.15. The molecule has 2 aromatic carbocycles. The summed E-state index contributed by atoms with van der Waals surface area (Å²) in [5.74, 6) is -2.10. The number of nitrogens with one attached hydrogen (secondary N) is 2. The molecule has 0 amide bonds. The Bertz CT molecular complexity index is 1070. The molecule has 0 aliphatic rings. The predicted molar refractivity (Wildman–Crippen MR) is 101 cm³/mol. The van der Waals surface area contributed by atoms with E-state index in [1.54, 1.807) is 31.2 Å². The van der Waals surface area contributed by atoms with Crippen molar-refractivity contribution in [2.45, 2.75) is 12.8 Å². The predicted octanol–water partition coefficient (Wildman–Crippen LogP) is 4.58. The Balaban J connectivity index is 2.01. The minimum Gasteiger partial charge on any atom is -0.326 e. The molecule has 0 spiro atoms. The van der Waals surface area contributed by atoms with Crippen LogP contribution in [0, 0.1) is 23.0 Å². The molecule has 5 nitrogen and oxygen atoms in total. The molecule has 0 fully saturated rings. The molecule has 1 heterocycles. The fraction of sp³-hybridized carbons (Fsp3) is 0.105. The summed E-state index contributed by atoms with van der Waals surface area (Å²) < 4.78 is 28.4. The summed E-state index contributed by atoms with van der Waals surface area (Å²) in [6.07, 6.45) is 0. The SMILES string of the molecule is CC(c1nc(Nc2ccc(C#N)cc2)[nH]c(=O)c1Br)c1c(F)cccc1F. The van der Waals surface area contributed by atoms with Crippen LogP contribution in [0.15, 0.2) is 51.7 Å². The lowest BCUT2D eigenvalue weighted by Crippen LogP contribution is -2.17. The van der Waals surface area contributed by atoms with Crippen LogP contribution < -0.4 is 10.9 Å². The highest BCUT2D eigenvalue weighted by atomic mass is 79.9. The molecule has 1 unspecified atom stereocenters. The van der Waals surface area contributed by atoms with E-state index in [2.05, 4.69) is 31.2 Å². The Morgan fingerprint density at radius 1 is 1.19 bits per heavy atom. The zero-order valence-corrected chi connectivity index (χ0v) is 15.6. The number of nitrogens with zero attached hydrogens (tertiary/aromatic N) is 2. The third-order valence-corrected chi connectivity index (χ3v) is 4.77. The number of hydrogen-bond acceptors (Lipinski definition) is 4. The normalized spacial score (nSPS) is 11.7. The van der Waals surface area contributed by atoms with Gasteiger partial charge < -0.3 is 5.32 Å². The second-order valence-corrected chi connectivity index (χ2v) is 6.58. The number of anilines is 2. The van der Waals surface area contributed by atoms with Crippen LogP contribution in [0.2, 0.25) is 0 Å². The molecule has 2 N–H and O–H groups in total. The van der Waals surface area contributed by atoms with E-state index in [1.807, 2.05) is 6.07 Å². The topological polar surface area (TPSA) is 81.6 Å². The van der Waals surface area contributed by atoms with Gasteiger partial charge in [-0.2, -0.15) is 5.26 Å². The van der Waals surface area contributed by atoms with Gasteiger partial charge in [-0.25, -0.2) is 13.8 Å². The molecule has 0 bridgehead atoms. The van der Waals surface area contributed by atoms with Crippen molar-refractivity contribution in [2.75, 3.05) is 5.32 Å². The third kappa shape index (κ3) is 3.88. The molecule has 0 saturated carbocycles. The standard InChI is InChI=1S/C19H13BrF2N4O/c1-10(15-13(21)3-2-4-14(15)22)17-16(20)18(27)26-19(25-17)24-12-7-5-11(9-23)6-8-12/h2-8,10H,1H3,(H2,24,25,26,27). The summed E-state index contributed by atoms with van der Waals surface area (Å²) in [6.45, 7) is 1.57. The van der Waals surface area contributed by atoms with E-state index in [0.29, 0.717) is 11.3 Å². The first-order valence-corrected chi connectivity index (χ1v) is 8.70. The molecular weight excluding hydrogens is 418 g/mol. The first-order chi connectivity index (χ1) is 12.9. The van der Waals surface area contributed by atoms with Crippen molar-refractivity contribution in [3.63, 3.8) is 0 Å². The van der Waals surface area contributed by atoms with E-state index < -0.39 is 23.1 Å². The molecule has 136 valence electrons. The first kappa shape index (κ1) is 18.7. The van der Waals surface area contributed by atoms with Crippen LogP contribution in [-0.2, 0) is 0 Å². The Kier molecular flexibility index (Phi) is 5.33. The van der Waals surface area contributed by atoms with Gasteiger partial charge in [0.05, 0.1) is 17.3 Å². The van der Waals surface area contributed by atoms with Gasteiger partial charge in [-0.05, 0) is 52.3 Å². The summed E-state index contributed by atoms with van der Waals surface area (Å²) in [7, 11) is 0. The van der Waals surface area contributed by atoms with Crippen molar-refractivity contribution in [1.29, 1.82) is 5.26 Å². The highest BCUT2D eigenvalue weighted by Crippen LogP contribution is 2.31. The monoisotopic (exact) mass is 430 g/mol. The summed E-state index contributed by atoms with van der Waals surface area (Å²) in [5, 5.41) is 11.8. The molecule has 1 atom stereocenters. The van der Waals surface area contributed by atoms with Gasteiger partial charge in [0.15, 0.2) is 0 Å². The van der Waals surface area contributed by atoms with Crippen molar-refractivity contribution >= 4 is 27.6 Å². The maximum Gasteiger partial charge on any atom is 0.266 e. The van der Waals surface area contributed by atoms with Gasteiger partial charge in [-0.1, -0.05) is 13.0 Å². The molecule has 3 aromatic rings. The van der Waals surface area contributed by atoms with E-state index in [-0.39, 0.29) is 21.7 Å². The largest absolute Gasteiger partial charge is 0.326 e. The highest BCUT2D eigenvalue weighted by Gasteiger charge is 2.23. The van der Waals surface area contributed by atoms with Crippen LogP contribution >= 0.6 is 15.9 Å². The Morgan fingerprint density at radius 2 is 1.81 bits per heavy atom. The van der Waals surface area contributed by atoms with E-state index in [1.165, 1.54) is 6.07 Å². The fourth-order valence-electron chi connectivity index (χ4n) is 2.65. The van der Waals surface area contributed by atoms with Gasteiger partial charge >= 0.3 is 0 Å². The maximum absolute atomic E-state index is 14.1. The van der Waals surface area contributed by atoms with Crippen molar-refractivity contribution in [1.82, 2.24) is 9.97 Å². The fourth-order valence-corrected chi connectivity index (χ4v) is 3.18. The van der Waals surface area contributed by atoms with E-state index in [4.69, 9.17) is 5.26 Å². The number of aromatic nitrogens is 2. The number of aromatic amines is 1. The zero-order valence-electron chi connectivity index (χ0n) is 14.1. The number of rotatable bonds is 4. The number of halogens is 3. The van der Waals surface area contributed by atoms with Gasteiger partial charge in [0.2, 0.25) is 5.95 Å². The molecule has 0 aliphatic carbocycles. The number of benzene rings is 2. The molecule has 8 heteroatoms. The quantitative estimate of drug-likeness (QED) is 0.634. The van der Waals surface area contributed by atoms with Crippen LogP contribution in [0.25, 0.3) is 0 Å². The van der Waals surface area contributed by atoms with Gasteiger partial charge in [-0.15, -0.1) is 0 Å². The molecule has 0 saturated heterocycles. The van der Waals surface area contributed by atoms with Crippen molar-refractivity contribution in [3.05, 3.63) is 85.7 Å². The summed E-state index contributed by atoms with van der Waals surface area (Å²) in [4.78, 5) is 19.1. The Hall–Kier alpha value is -3.05. The molecular formula is C19H13BrF2N4O. The third-order valence-electron chi connectivity index (χ3n) is 4.01. The van der Waals surface area contributed by atoms with Crippen LogP contribution in [0.5, 0.6) is 0 Å². The Labute approximate surface area is 161 Å². The van der Waals surface area contributed by atoms with Crippen molar-refractivity contribution in [3.8, 4) is 6.07 Å². The summed E-state index contributed by atoms with van der Waals surface area (Å²) in [5.41, 5.74) is 0.622. The number of nitriles is 1. The minimum absolute atomic E-state index is 0.100. The van der Waals surface area contributed by atoms with Gasteiger partial charge in [0, 0.05) is 17.2 Å².